The van der Waals surface area contributed by atoms with Gasteiger partial charge in [-0.3, -0.25) is 4.39 Å². The van der Waals surface area contributed by atoms with Crippen LogP contribution in [0.5, 0.6) is 0 Å². The van der Waals surface area contributed by atoms with Gasteiger partial charge in [0.05, 0.1) is 6.67 Å². The topological polar surface area (TPSA) is 17.1 Å². The second-order valence-corrected chi connectivity index (χ2v) is 4.87. The van der Waals surface area contributed by atoms with E-state index in [1.165, 1.54) is 0 Å². The first-order chi connectivity index (χ1) is 7.02. The quantitative estimate of drug-likeness (QED) is 0.599. The molecule has 0 aliphatic carbocycles. The lowest BCUT2D eigenvalue weighted by atomic mass is 9.78. The van der Waals surface area contributed by atoms with E-state index >= 15 is 0 Å². The maximum atomic E-state index is 12.9. The fourth-order valence-corrected chi connectivity index (χ4v) is 2.24. The number of hydrogen-bond acceptors (Lipinski definition) is 1. The summed E-state index contributed by atoms with van der Waals surface area (Å²) in [7, 11) is 0. The lowest BCUT2D eigenvalue weighted by Gasteiger charge is -2.27. The standard InChI is InChI=1S/C13H25FO/c1-5-6-7-13(10(2)3)12(9-14)8-11(4)15/h10,12-13H,5-9H2,1-4H3/t12-,13-/m0/s1. The van der Waals surface area contributed by atoms with Gasteiger partial charge in [-0.15, -0.1) is 0 Å². The van der Waals surface area contributed by atoms with Crippen LogP contribution in [-0.2, 0) is 4.79 Å². The van der Waals surface area contributed by atoms with Gasteiger partial charge in [-0.1, -0.05) is 33.6 Å². The molecule has 2 heteroatoms. The average molecular weight is 216 g/mol. The van der Waals surface area contributed by atoms with E-state index in [1.807, 2.05) is 0 Å². The molecule has 0 aliphatic rings. The molecule has 0 bridgehead atoms. The molecule has 0 aliphatic heterocycles. The molecule has 0 saturated carbocycles. The van der Waals surface area contributed by atoms with Crippen molar-refractivity contribution in [3.8, 4) is 0 Å². The molecule has 0 aromatic carbocycles. The molecule has 0 unspecified atom stereocenters. The second-order valence-electron chi connectivity index (χ2n) is 4.87. The number of carbonyl (C=O) groups excluding carboxylic acids is 1. The summed E-state index contributed by atoms with van der Waals surface area (Å²) >= 11 is 0. The van der Waals surface area contributed by atoms with E-state index in [0.717, 1.165) is 19.3 Å². The third-order valence-corrected chi connectivity index (χ3v) is 3.10. The highest BCUT2D eigenvalue weighted by Gasteiger charge is 2.25. The van der Waals surface area contributed by atoms with Gasteiger partial charge in [0.1, 0.15) is 5.78 Å². The van der Waals surface area contributed by atoms with Crippen molar-refractivity contribution < 1.29 is 9.18 Å². The zero-order valence-electron chi connectivity index (χ0n) is 10.6. The van der Waals surface area contributed by atoms with Crippen molar-refractivity contribution >= 4 is 5.78 Å². The van der Waals surface area contributed by atoms with Crippen LogP contribution in [0, 0.1) is 17.8 Å². The number of rotatable bonds is 8. The van der Waals surface area contributed by atoms with E-state index in [0.29, 0.717) is 18.3 Å². The van der Waals surface area contributed by atoms with Gasteiger partial charge in [-0.2, -0.15) is 0 Å². The highest BCUT2D eigenvalue weighted by Crippen LogP contribution is 2.29. The van der Waals surface area contributed by atoms with Crippen molar-refractivity contribution in [3.05, 3.63) is 0 Å². The molecule has 0 aromatic rings. The number of ketones is 1. The minimum atomic E-state index is -0.355. The Labute approximate surface area is 93.4 Å². The summed E-state index contributed by atoms with van der Waals surface area (Å²) in [4.78, 5) is 11.0. The maximum Gasteiger partial charge on any atom is 0.130 e. The molecule has 0 heterocycles. The summed E-state index contributed by atoms with van der Waals surface area (Å²) in [6.07, 6.45) is 3.73. The Hall–Kier alpha value is -0.400. The summed E-state index contributed by atoms with van der Waals surface area (Å²) < 4.78 is 12.9. The SMILES string of the molecule is CCCC[C@@H](C(C)C)[C@H](CF)CC(C)=O. The molecule has 15 heavy (non-hydrogen) atoms. The Balaban J connectivity index is 4.33. The van der Waals surface area contributed by atoms with E-state index in [2.05, 4.69) is 20.8 Å². The second kappa shape index (κ2) is 7.84. The van der Waals surface area contributed by atoms with Gasteiger partial charge in [-0.25, -0.2) is 0 Å². The molecule has 0 saturated heterocycles. The number of halogens is 1. The van der Waals surface area contributed by atoms with E-state index in [4.69, 9.17) is 0 Å². The van der Waals surface area contributed by atoms with Crippen molar-refractivity contribution in [3.63, 3.8) is 0 Å². The van der Waals surface area contributed by atoms with Crippen molar-refractivity contribution in [2.45, 2.75) is 53.4 Å². The zero-order chi connectivity index (χ0) is 11.8. The third-order valence-electron chi connectivity index (χ3n) is 3.10. The Morgan fingerprint density at radius 1 is 1.33 bits per heavy atom. The van der Waals surface area contributed by atoms with Crippen LogP contribution in [0.15, 0.2) is 0 Å². The van der Waals surface area contributed by atoms with Crippen LogP contribution in [0.2, 0.25) is 0 Å². The lowest BCUT2D eigenvalue weighted by Crippen LogP contribution is -2.24. The molecule has 2 atom stereocenters. The minimum Gasteiger partial charge on any atom is -0.300 e. The molecular weight excluding hydrogens is 191 g/mol. The molecular formula is C13H25FO. The van der Waals surface area contributed by atoms with Crippen LogP contribution in [0.4, 0.5) is 4.39 Å². The molecule has 1 nitrogen and oxygen atoms in total. The highest BCUT2D eigenvalue weighted by atomic mass is 19.1. The summed E-state index contributed by atoms with van der Waals surface area (Å²) in [5, 5.41) is 0. The first-order valence-electron chi connectivity index (χ1n) is 6.08. The molecule has 90 valence electrons. The van der Waals surface area contributed by atoms with Crippen molar-refractivity contribution in [1.29, 1.82) is 0 Å². The number of unbranched alkanes of at least 4 members (excludes halogenated alkanes) is 1. The molecule has 0 amide bonds. The van der Waals surface area contributed by atoms with Crippen LogP contribution in [0.3, 0.4) is 0 Å². The normalized spacial score (nSPS) is 15.3. The largest absolute Gasteiger partial charge is 0.300 e. The van der Waals surface area contributed by atoms with Crippen molar-refractivity contribution in [1.82, 2.24) is 0 Å². The number of alkyl halides is 1. The van der Waals surface area contributed by atoms with Crippen LogP contribution in [0.1, 0.15) is 53.4 Å². The Bertz CT molecular complexity index is 177. The Morgan fingerprint density at radius 2 is 1.93 bits per heavy atom. The monoisotopic (exact) mass is 216 g/mol. The smallest absolute Gasteiger partial charge is 0.130 e. The summed E-state index contributed by atoms with van der Waals surface area (Å²) in [5.41, 5.74) is 0. The molecule has 0 rings (SSSR count). The maximum absolute atomic E-state index is 12.9. The van der Waals surface area contributed by atoms with Gasteiger partial charge >= 0.3 is 0 Å². The molecule has 0 aromatic heterocycles. The van der Waals surface area contributed by atoms with Crippen LogP contribution >= 0.6 is 0 Å². The van der Waals surface area contributed by atoms with Crippen molar-refractivity contribution in [2.75, 3.05) is 6.67 Å². The molecule has 0 radical (unpaired) electrons. The summed E-state index contributed by atoms with van der Waals surface area (Å²) in [6.45, 7) is 7.60. The number of carbonyl (C=O) groups is 1. The lowest BCUT2D eigenvalue weighted by molar-refractivity contribution is -0.118. The third kappa shape index (κ3) is 5.91. The Morgan fingerprint density at radius 3 is 2.27 bits per heavy atom. The fraction of sp³-hybridized carbons (Fsp3) is 0.923. The average Bonchev–Trinajstić information content (AvgIpc) is 2.15. The predicted molar refractivity (Wildman–Crippen MR) is 62.6 cm³/mol. The van der Waals surface area contributed by atoms with Crippen LogP contribution in [0.25, 0.3) is 0 Å². The number of hydrogen-bond donors (Lipinski definition) is 0. The van der Waals surface area contributed by atoms with E-state index < -0.39 is 0 Å². The van der Waals surface area contributed by atoms with Crippen molar-refractivity contribution in [2.24, 2.45) is 17.8 Å². The fourth-order valence-electron chi connectivity index (χ4n) is 2.24. The predicted octanol–water partition coefficient (Wildman–Crippen LogP) is 4.01. The summed E-state index contributed by atoms with van der Waals surface area (Å²) in [5.74, 6) is 0.879. The minimum absolute atomic E-state index is 0.0611. The van der Waals surface area contributed by atoms with E-state index in [-0.39, 0.29) is 18.4 Å². The van der Waals surface area contributed by atoms with Gasteiger partial charge in [0.15, 0.2) is 0 Å². The molecule has 0 spiro atoms. The molecule has 0 N–H and O–H groups in total. The van der Waals surface area contributed by atoms with Gasteiger partial charge in [0.2, 0.25) is 0 Å². The summed E-state index contributed by atoms with van der Waals surface area (Å²) in [6, 6.07) is 0. The van der Waals surface area contributed by atoms with Crippen LogP contribution in [-0.4, -0.2) is 12.5 Å². The first kappa shape index (κ1) is 14.6. The van der Waals surface area contributed by atoms with Gasteiger partial charge < -0.3 is 4.79 Å². The highest BCUT2D eigenvalue weighted by molar-refractivity contribution is 5.75. The van der Waals surface area contributed by atoms with E-state index in [9.17, 15) is 9.18 Å². The molecule has 0 fully saturated rings. The van der Waals surface area contributed by atoms with Gasteiger partial charge in [0.25, 0.3) is 0 Å². The van der Waals surface area contributed by atoms with Gasteiger partial charge in [-0.05, 0) is 31.1 Å². The number of Topliss-reactive ketones (excluding diaryl/α,β-unsaturated/α-hetero) is 1. The first-order valence-corrected chi connectivity index (χ1v) is 6.08. The van der Waals surface area contributed by atoms with E-state index in [1.54, 1.807) is 6.92 Å². The Kier molecular flexibility index (Phi) is 7.63. The van der Waals surface area contributed by atoms with Gasteiger partial charge in [0, 0.05) is 6.42 Å². The zero-order valence-corrected chi connectivity index (χ0v) is 10.6. The van der Waals surface area contributed by atoms with Crippen LogP contribution < -0.4 is 0 Å².